The van der Waals surface area contributed by atoms with E-state index in [0.29, 0.717) is 65.0 Å². The number of aliphatic imine (C=N–C) groups is 1. The molecule has 5 aromatic rings. The van der Waals surface area contributed by atoms with E-state index < -0.39 is 58.7 Å². The summed E-state index contributed by atoms with van der Waals surface area (Å²) in [5.74, 6) is -2.81. The number of ether oxygens (including phenoxy) is 2. The molecular formula is C59H62N8O8S. The molecule has 0 spiro atoms. The summed E-state index contributed by atoms with van der Waals surface area (Å²) in [5, 5.41) is 6.87. The van der Waals surface area contributed by atoms with Gasteiger partial charge in [0.2, 0.25) is 11.3 Å². The average molecular weight is 1040 g/mol. The molecule has 392 valence electrons. The maximum absolute atomic E-state index is 14.9. The largest absolute Gasteiger partial charge is 0.448 e. The molecule has 8 rings (SSSR count). The summed E-state index contributed by atoms with van der Waals surface area (Å²) in [5.41, 5.74) is 13.9. The lowest BCUT2D eigenvalue weighted by atomic mass is 9.80. The second kappa shape index (κ2) is 23.9. The molecule has 0 aliphatic carbocycles. The van der Waals surface area contributed by atoms with Gasteiger partial charge in [-0.05, 0) is 88.0 Å². The first-order valence-corrected chi connectivity index (χ1v) is 25.6. The number of nitrogens with zero attached hydrogens (tertiary/aromatic N) is 5. The number of thiocarbonyl (C=S) groups is 1. The van der Waals surface area contributed by atoms with Gasteiger partial charge >= 0.3 is 12.1 Å². The maximum atomic E-state index is 14.9. The highest BCUT2D eigenvalue weighted by Crippen LogP contribution is 2.42. The zero-order valence-corrected chi connectivity index (χ0v) is 43.7. The number of benzene rings is 5. The van der Waals surface area contributed by atoms with Gasteiger partial charge in [0.1, 0.15) is 23.6 Å². The minimum Gasteiger partial charge on any atom is -0.448 e. The highest BCUT2D eigenvalue weighted by Gasteiger charge is 2.54. The van der Waals surface area contributed by atoms with Gasteiger partial charge in [-0.25, -0.2) is 14.6 Å². The lowest BCUT2D eigenvalue weighted by Crippen LogP contribution is -2.72. The highest BCUT2D eigenvalue weighted by molar-refractivity contribution is 7.80. The lowest BCUT2D eigenvalue weighted by molar-refractivity contribution is -0.158. The fourth-order valence-corrected chi connectivity index (χ4v) is 9.91. The SMILES string of the molecule is CN(CC/C(C=O)=C\C1=C(C(=O)OC(c2ccccc2)c2ccccc2)N2C(=O)C(NC(=O)C(=N/OC(c3ccccc3)(c3ccccc3)c3ccccc3)/C(N)=N/C(N)=S)C2CC1)C1CCN(C(=O)OC(C)(C)C)C1. The molecule has 5 aromatic carbocycles. The van der Waals surface area contributed by atoms with Gasteiger partial charge in [0.05, 0.1) is 6.04 Å². The number of fused-ring (bicyclic) bond motifs is 1. The third-order valence-electron chi connectivity index (χ3n) is 13.6. The van der Waals surface area contributed by atoms with Crippen LogP contribution in [0.15, 0.2) is 185 Å². The minimum atomic E-state index is -1.43. The van der Waals surface area contributed by atoms with E-state index in [2.05, 4.69) is 20.4 Å². The van der Waals surface area contributed by atoms with Crippen molar-refractivity contribution in [1.82, 2.24) is 20.0 Å². The van der Waals surface area contributed by atoms with Crippen LogP contribution in [0.3, 0.4) is 0 Å². The Labute approximate surface area is 448 Å². The van der Waals surface area contributed by atoms with Crippen LogP contribution in [0.2, 0.25) is 0 Å². The monoisotopic (exact) mass is 1040 g/mol. The molecule has 3 aliphatic heterocycles. The molecule has 0 aromatic heterocycles. The molecule has 16 nitrogen and oxygen atoms in total. The number of amides is 3. The van der Waals surface area contributed by atoms with E-state index in [0.717, 1.165) is 12.7 Å². The molecule has 3 atom stereocenters. The predicted octanol–water partition coefficient (Wildman–Crippen LogP) is 7.48. The summed E-state index contributed by atoms with van der Waals surface area (Å²) < 4.78 is 12.0. The van der Waals surface area contributed by atoms with E-state index in [9.17, 15) is 24.0 Å². The van der Waals surface area contributed by atoms with Crippen LogP contribution in [0.4, 0.5) is 4.79 Å². The lowest BCUT2D eigenvalue weighted by Gasteiger charge is -2.50. The number of likely N-dealkylation sites (N-methyl/N-ethyl adjacent to an activating group) is 1. The maximum Gasteiger partial charge on any atom is 0.410 e. The van der Waals surface area contributed by atoms with Crippen LogP contribution in [0, 0.1) is 0 Å². The quantitative estimate of drug-likeness (QED) is 0.00898. The number of carbonyl (C=O) groups excluding carboxylic acids is 5. The van der Waals surface area contributed by atoms with E-state index >= 15 is 0 Å². The van der Waals surface area contributed by atoms with Crippen LogP contribution < -0.4 is 16.8 Å². The van der Waals surface area contributed by atoms with Gasteiger partial charge in [-0.1, -0.05) is 163 Å². The van der Waals surface area contributed by atoms with Crippen molar-refractivity contribution in [2.45, 2.75) is 81.9 Å². The van der Waals surface area contributed by atoms with Crippen LogP contribution >= 0.6 is 12.2 Å². The predicted molar refractivity (Wildman–Crippen MR) is 293 cm³/mol. The van der Waals surface area contributed by atoms with Crippen molar-refractivity contribution < 1.29 is 38.3 Å². The molecular weight excluding hydrogens is 981 g/mol. The van der Waals surface area contributed by atoms with Gasteiger partial charge in [0.25, 0.3) is 11.8 Å². The number of β-lactam (4-membered cyclic amide) rings is 1. The van der Waals surface area contributed by atoms with E-state index in [4.69, 9.17) is 38.0 Å². The van der Waals surface area contributed by atoms with E-state index in [1.807, 2.05) is 179 Å². The molecule has 3 amide bonds. The van der Waals surface area contributed by atoms with E-state index in [1.54, 1.807) is 11.0 Å². The topological polar surface area (TPSA) is 212 Å². The molecule has 5 N–H and O–H groups in total. The number of esters is 1. The van der Waals surface area contributed by atoms with Crippen molar-refractivity contribution in [1.29, 1.82) is 0 Å². The molecule has 0 bridgehead atoms. The number of aldehydes is 1. The first-order valence-electron chi connectivity index (χ1n) is 25.2. The smallest absolute Gasteiger partial charge is 0.410 e. The number of rotatable bonds is 18. The Morgan fingerprint density at radius 3 is 1.84 bits per heavy atom. The second-order valence-electron chi connectivity index (χ2n) is 19.8. The number of carbonyl (C=O) groups is 5. The highest BCUT2D eigenvalue weighted by atomic mass is 32.1. The van der Waals surface area contributed by atoms with Gasteiger partial charge in [-0.3, -0.25) is 19.3 Å². The van der Waals surface area contributed by atoms with E-state index in [1.165, 1.54) is 4.90 Å². The number of nitrogens with one attached hydrogen (secondary N) is 1. The van der Waals surface area contributed by atoms with Crippen molar-refractivity contribution in [3.63, 3.8) is 0 Å². The van der Waals surface area contributed by atoms with Crippen LogP contribution in [-0.2, 0) is 39.1 Å². The van der Waals surface area contributed by atoms with Crippen molar-refractivity contribution in [3.05, 3.63) is 202 Å². The molecule has 2 saturated heterocycles. The van der Waals surface area contributed by atoms with Gasteiger partial charge in [0, 0.05) is 42.4 Å². The van der Waals surface area contributed by atoms with Crippen LogP contribution in [-0.4, -0.2) is 112 Å². The van der Waals surface area contributed by atoms with E-state index in [-0.39, 0.29) is 35.8 Å². The Kier molecular flexibility index (Phi) is 17.0. The van der Waals surface area contributed by atoms with Crippen molar-refractivity contribution >= 4 is 59.0 Å². The van der Waals surface area contributed by atoms with Gasteiger partial charge in [0.15, 0.2) is 17.1 Å². The first kappa shape index (κ1) is 54.0. The summed E-state index contributed by atoms with van der Waals surface area (Å²) in [4.78, 5) is 85.7. The summed E-state index contributed by atoms with van der Waals surface area (Å²) >= 11 is 5.07. The molecule has 0 radical (unpaired) electrons. The minimum absolute atomic E-state index is 0.0316. The molecule has 3 aliphatic rings. The standard InChI is InChI=1S/C59H62N8O8S/c1-58(2,3)74-57(72)66-35-33-46(37-66)65(4)34-32-39(38-68)36-42-30-31-47-48(54(70)67(47)50(42)55(71)73-51(40-20-10-5-11-21-40)41-22-12-6-13-23-41)62-53(69)49(52(60)63-56(61)76)64-75-59(43-24-14-7-15-25-43,44-26-16-8-17-27-44)45-28-18-9-19-29-45/h5-29,36,38,46-48,51H,30-35,37H2,1-4H3,(H,62,69)(H4,60,61,63,76)/b39-36+,64-49+. The molecule has 17 heteroatoms. The Bertz CT molecular complexity index is 2900. The number of hydrogen-bond acceptors (Lipinski definition) is 11. The number of amidine groups is 1. The Morgan fingerprint density at radius 2 is 1.34 bits per heavy atom. The molecule has 3 heterocycles. The number of nitrogens with two attached hydrogens (primary N) is 2. The molecule has 2 fully saturated rings. The summed E-state index contributed by atoms with van der Waals surface area (Å²) in [7, 11) is 1.94. The zero-order valence-electron chi connectivity index (χ0n) is 42.9. The third-order valence-corrected chi connectivity index (χ3v) is 13.7. The zero-order chi connectivity index (χ0) is 54.0. The molecule has 0 saturated carbocycles. The van der Waals surface area contributed by atoms with Crippen molar-refractivity contribution in [2.75, 3.05) is 26.7 Å². The number of likely N-dealkylation sites (tertiary alicyclic amines) is 1. The Morgan fingerprint density at radius 1 is 0.816 bits per heavy atom. The second-order valence-corrected chi connectivity index (χ2v) is 20.2. The summed E-state index contributed by atoms with van der Waals surface area (Å²) in [6.45, 7) is 6.97. The van der Waals surface area contributed by atoms with Crippen LogP contribution in [0.1, 0.15) is 80.4 Å². The van der Waals surface area contributed by atoms with Gasteiger partial charge in [-0.2, -0.15) is 0 Å². The molecule has 76 heavy (non-hydrogen) atoms. The Hall–Kier alpha value is -8.28. The number of allylic oxidation sites excluding steroid dienone is 2. The van der Waals surface area contributed by atoms with Crippen LogP contribution in [0.25, 0.3) is 0 Å². The summed E-state index contributed by atoms with van der Waals surface area (Å²) in [6.07, 6.45) is 2.72. The van der Waals surface area contributed by atoms with Crippen LogP contribution in [0.5, 0.6) is 0 Å². The fourth-order valence-electron chi connectivity index (χ4n) is 9.82. The fraction of sp³-hybridized carbons (Fsp3) is 0.288. The third kappa shape index (κ3) is 12.3. The average Bonchev–Trinajstić information content (AvgIpc) is 3.97. The number of hydrogen-bond donors (Lipinski definition) is 3. The van der Waals surface area contributed by atoms with Crippen molar-refractivity contribution in [3.8, 4) is 0 Å². The normalized spacial score (nSPS) is 18.2. The number of oxime groups is 1. The van der Waals surface area contributed by atoms with Crippen molar-refractivity contribution in [2.24, 2.45) is 21.6 Å². The Balaban J connectivity index is 1.10. The van der Waals surface area contributed by atoms with Gasteiger partial charge < -0.3 is 40.9 Å². The van der Waals surface area contributed by atoms with Gasteiger partial charge in [-0.15, -0.1) is 0 Å². The summed E-state index contributed by atoms with van der Waals surface area (Å²) in [6, 6.07) is 44.7. The molecule has 3 unspecified atom stereocenters. The first-order chi connectivity index (χ1) is 36.6.